The smallest absolute Gasteiger partial charge is 0.274 e. The number of nitro groups is 1. The van der Waals surface area contributed by atoms with Crippen LogP contribution in [0.4, 0.5) is 5.69 Å². The molecule has 1 amide bonds. The fourth-order valence-corrected chi connectivity index (χ4v) is 2.39. The van der Waals surface area contributed by atoms with Crippen LogP contribution >= 0.6 is 23.2 Å². The van der Waals surface area contributed by atoms with E-state index in [2.05, 4.69) is 0 Å². The van der Waals surface area contributed by atoms with Crippen molar-refractivity contribution < 1.29 is 9.72 Å². The lowest BCUT2D eigenvalue weighted by Gasteiger charge is -2.18. The van der Waals surface area contributed by atoms with Crippen molar-refractivity contribution in [2.45, 2.75) is 6.54 Å². The first-order valence-corrected chi connectivity index (χ1v) is 7.08. The largest absolute Gasteiger partial charge is 0.337 e. The zero-order chi connectivity index (χ0) is 16.3. The van der Waals surface area contributed by atoms with Gasteiger partial charge in [-0.05, 0) is 18.2 Å². The van der Waals surface area contributed by atoms with Crippen molar-refractivity contribution >= 4 is 34.8 Å². The third-order valence-electron chi connectivity index (χ3n) is 3.10. The van der Waals surface area contributed by atoms with E-state index >= 15 is 0 Å². The van der Waals surface area contributed by atoms with Crippen molar-refractivity contribution in [2.75, 3.05) is 7.05 Å². The van der Waals surface area contributed by atoms with E-state index in [1.165, 1.54) is 23.1 Å². The molecule has 0 heterocycles. The maximum atomic E-state index is 12.4. The first-order valence-electron chi connectivity index (χ1n) is 6.33. The minimum absolute atomic E-state index is 0.0284. The zero-order valence-electron chi connectivity index (χ0n) is 11.6. The minimum Gasteiger partial charge on any atom is -0.337 e. The fourth-order valence-electron chi connectivity index (χ4n) is 2.02. The summed E-state index contributed by atoms with van der Waals surface area (Å²) in [5, 5.41) is 11.7. The molecular formula is C15H12Cl2N2O3. The Morgan fingerprint density at radius 1 is 1.23 bits per heavy atom. The van der Waals surface area contributed by atoms with Crippen molar-refractivity contribution in [3.63, 3.8) is 0 Å². The van der Waals surface area contributed by atoms with Gasteiger partial charge in [0.25, 0.3) is 11.6 Å². The van der Waals surface area contributed by atoms with Crippen LogP contribution in [0.1, 0.15) is 15.9 Å². The van der Waals surface area contributed by atoms with E-state index in [-0.39, 0.29) is 28.7 Å². The summed E-state index contributed by atoms with van der Waals surface area (Å²) in [6.07, 6.45) is 0. The predicted octanol–water partition coefficient (Wildman–Crippen LogP) is 4.17. The van der Waals surface area contributed by atoms with Gasteiger partial charge in [0.2, 0.25) is 0 Å². The van der Waals surface area contributed by atoms with Gasteiger partial charge in [0, 0.05) is 23.7 Å². The maximum absolute atomic E-state index is 12.4. The zero-order valence-corrected chi connectivity index (χ0v) is 13.1. The van der Waals surface area contributed by atoms with Crippen molar-refractivity contribution in [3.8, 4) is 0 Å². The first-order chi connectivity index (χ1) is 10.4. The van der Waals surface area contributed by atoms with Crippen LogP contribution in [-0.4, -0.2) is 22.8 Å². The number of halogens is 2. The standard InChI is InChI=1S/C15H12Cl2N2O3/c1-18(9-10-4-2-3-5-14(10)19(21)22)15(20)12-8-11(16)6-7-13(12)17/h2-8H,9H2,1H3. The van der Waals surface area contributed by atoms with Crippen LogP contribution in [-0.2, 0) is 6.54 Å². The molecule has 0 aliphatic rings. The highest BCUT2D eigenvalue weighted by Gasteiger charge is 2.19. The van der Waals surface area contributed by atoms with Gasteiger partial charge in [0.1, 0.15) is 0 Å². The average Bonchev–Trinajstić information content (AvgIpc) is 2.49. The number of nitrogens with zero attached hydrogens (tertiary/aromatic N) is 2. The second-order valence-electron chi connectivity index (χ2n) is 4.67. The van der Waals surface area contributed by atoms with Gasteiger partial charge in [-0.15, -0.1) is 0 Å². The molecule has 0 aromatic heterocycles. The summed E-state index contributed by atoms with van der Waals surface area (Å²) in [6, 6.07) is 10.9. The van der Waals surface area contributed by atoms with Crippen LogP contribution in [0.3, 0.4) is 0 Å². The topological polar surface area (TPSA) is 63.4 Å². The second kappa shape index (κ2) is 6.77. The van der Waals surface area contributed by atoms with Crippen molar-refractivity contribution in [3.05, 3.63) is 73.8 Å². The van der Waals surface area contributed by atoms with E-state index in [4.69, 9.17) is 23.2 Å². The number of nitro benzene ring substituents is 1. The first kappa shape index (κ1) is 16.3. The van der Waals surface area contributed by atoms with Crippen LogP contribution in [0.2, 0.25) is 10.0 Å². The molecule has 2 rings (SSSR count). The fraction of sp³-hybridized carbons (Fsp3) is 0.133. The SMILES string of the molecule is CN(Cc1ccccc1[N+](=O)[O-])C(=O)c1cc(Cl)ccc1Cl. The van der Waals surface area contributed by atoms with Gasteiger partial charge in [-0.1, -0.05) is 41.4 Å². The van der Waals surface area contributed by atoms with E-state index in [1.807, 2.05) is 0 Å². The number of carbonyl (C=O) groups is 1. The van der Waals surface area contributed by atoms with Gasteiger partial charge in [-0.3, -0.25) is 14.9 Å². The second-order valence-corrected chi connectivity index (χ2v) is 5.51. The van der Waals surface area contributed by atoms with Crippen molar-refractivity contribution in [1.29, 1.82) is 0 Å². The Hall–Kier alpha value is -2.11. The molecule has 0 fully saturated rings. The normalized spacial score (nSPS) is 10.3. The molecule has 114 valence electrons. The molecule has 0 atom stereocenters. The lowest BCUT2D eigenvalue weighted by molar-refractivity contribution is -0.385. The van der Waals surface area contributed by atoms with Crippen molar-refractivity contribution in [2.24, 2.45) is 0 Å². The summed E-state index contributed by atoms with van der Waals surface area (Å²) in [5.74, 6) is -0.356. The molecule has 22 heavy (non-hydrogen) atoms. The Morgan fingerprint density at radius 3 is 2.59 bits per heavy atom. The summed E-state index contributed by atoms with van der Waals surface area (Å²) >= 11 is 11.9. The number of hydrogen-bond donors (Lipinski definition) is 0. The molecule has 0 aliphatic heterocycles. The summed E-state index contributed by atoms with van der Waals surface area (Å²) in [7, 11) is 1.55. The molecule has 5 nitrogen and oxygen atoms in total. The van der Waals surface area contributed by atoms with E-state index in [1.54, 1.807) is 31.3 Å². The Bertz CT molecular complexity index is 734. The van der Waals surface area contributed by atoms with Crippen LogP contribution in [0.25, 0.3) is 0 Å². The number of para-hydroxylation sites is 1. The summed E-state index contributed by atoms with van der Waals surface area (Å²) in [4.78, 5) is 24.3. The maximum Gasteiger partial charge on any atom is 0.274 e. The van der Waals surface area contributed by atoms with E-state index in [9.17, 15) is 14.9 Å². The van der Waals surface area contributed by atoms with Crippen LogP contribution in [0.5, 0.6) is 0 Å². The highest BCUT2D eigenvalue weighted by molar-refractivity contribution is 6.35. The monoisotopic (exact) mass is 338 g/mol. The molecule has 0 spiro atoms. The van der Waals surface area contributed by atoms with Crippen molar-refractivity contribution in [1.82, 2.24) is 4.90 Å². The molecule has 0 N–H and O–H groups in total. The lowest BCUT2D eigenvalue weighted by atomic mass is 10.1. The third kappa shape index (κ3) is 3.55. The Kier molecular flexibility index (Phi) is 5.00. The number of amides is 1. The highest BCUT2D eigenvalue weighted by Crippen LogP contribution is 2.24. The van der Waals surface area contributed by atoms with Gasteiger partial charge in [0.15, 0.2) is 0 Å². The van der Waals surface area contributed by atoms with Gasteiger partial charge < -0.3 is 4.90 Å². The molecule has 0 bridgehead atoms. The molecule has 0 saturated carbocycles. The molecular weight excluding hydrogens is 327 g/mol. The average molecular weight is 339 g/mol. The quantitative estimate of drug-likeness (QED) is 0.620. The number of rotatable bonds is 4. The predicted molar refractivity (Wildman–Crippen MR) is 85.4 cm³/mol. The summed E-state index contributed by atoms with van der Waals surface area (Å²) < 4.78 is 0. The number of hydrogen-bond acceptors (Lipinski definition) is 3. The van der Waals surface area contributed by atoms with E-state index in [0.717, 1.165) is 0 Å². The summed E-state index contributed by atoms with van der Waals surface area (Å²) in [6.45, 7) is 0.0961. The highest BCUT2D eigenvalue weighted by atomic mass is 35.5. The molecule has 0 aliphatic carbocycles. The Labute approximate surface area is 137 Å². The minimum atomic E-state index is -0.472. The van der Waals surface area contributed by atoms with Gasteiger partial charge in [-0.2, -0.15) is 0 Å². The molecule has 0 radical (unpaired) electrons. The van der Waals surface area contributed by atoms with Gasteiger partial charge >= 0.3 is 0 Å². The molecule has 0 unspecified atom stereocenters. The van der Waals surface area contributed by atoms with Crippen LogP contribution in [0.15, 0.2) is 42.5 Å². The number of carbonyl (C=O) groups excluding carboxylic acids is 1. The molecule has 2 aromatic rings. The molecule has 2 aromatic carbocycles. The van der Waals surface area contributed by atoms with Gasteiger partial charge in [0.05, 0.1) is 22.1 Å². The van der Waals surface area contributed by atoms with Crippen LogP contribution in [0, 0.1) is 10.1 Å². The van der Waals surface area contributed by atoms with Gasteiger partial charge in [-0.25, -0.2) is 0 Å². The Morgan fingerprint density at radius 2 is 1.91 bits per heavy atom. The third-order valence-corrected chi connectivity index (χ3v) is 3.67. The van der Waals surface area contributed by atoms with Crippen LogP contribution < -0.4 is 0 Å². The number of benzene rings is 2. The van der Waals surface area contributed by atoms with E-state index in [0.29, 0.717) is 10.6 Å². The molecule has 0 saturated heterocycles. The Balaban J connectivity index is 2.26. The molecule has 7 heteroatoms. The van der Waals surface area contributed by atoms with E-state index < -0.39 is 4.92 Å². The lowest BCUT2D eigenvalue weighted by Crippen LogP contribution is -2.26. The summed E-state index contributed by atoms with van der Waals surface area (Å²) in [5.41, 5.74) is 0.677.